The van der Waals surface area contributed by atoms with Crippen LogP contribution in [0.1, 0.15) is 43.4 Å². The first-order valence-electron chi connectivity index (χ1n) is 6.64. The molecule has 0 aliphatic rings. The number of carbonyl (C=O) groups is 1. The molecule has 2 atom stereocenters. The third-order valence-corrected chi connectivity index (χ3v) is 3.96. The normalized spacial score (nSPS) is 13.9. The minimum Gasteiger partial charge on any atom is -0.396 e. The summed E-state index contributed by atoms with van der Waals surface area (Å²) in [5, 5.41) is 17.5. The van der Waals surface area contributed by atoms with Crippen molar-refractivity contribution in [3.63, 3.8) is 0 Å². The van der Waals surface area contributed by atoms with Gasteiger partial charge in [0.05, 0.1) is 6.04 Å². The molecule has 0 aromatic carbocycles. The summed E-state index contributed by atoms with van der Waals surface area (Å²) in [4.78, 5) is 16.2. The average molecular weight is 285 g/mol. The van der Waals surface area contributed by atoms with Gasteiger partial charge in [-0.1, -0.05) is 13.8 Å². The number of hydrogen-bond donors (Lipinski definition) is 3. The van der Waals surface area contributed by atoms with Crippen molar-refractivity contribution in [2.45, 2.75) is 39.7 Å². The Morgan fingerprint density at radius 1 is 1.58 bits per heavy atom. The maximum atomic E-state index is 11.8. The molecular weight excluding hydrogens is 262 g/mol. The van der Waals surface area contributed by atoms with Gasteiger partial charge in [0.2, 0.25) is 0 Å². The molecule has 2 amide bonds. The fourth-order valence-corrected chi connectivity index (χ4v) is 2.60. The molecule has 0 aliphatic heterocycles. The van der Waals surface area contributed by atoms with Crippen LogP contribution in [0.4, 0.5) is 4.79 Å². The number of amides is 2. The predicted octanol–water partition coefficient (Wildman–Crippen LogP) is 2.22. The molecule has 0 radical (unpaired) electrons. The van der Waals surface area contributed by atoms with Crippen molar-refractivity contribution in [3.05, 3.63) is 16.1 Å². The molecule has 0 aliphatic carbocycles. The minimum atomic E-state index is -0.176. The maximum absolute atomic E-state index is 11.8. The monoisotopic (exact) mass is 285 g/mol. The standard InChI is InChI=1S/C13H23N3O2S/c1-4-11(12-15-10(3)8-19-12)16-13(18)14-7-9(2)5-6-17/h8-9,11,17H,4-7H2,1-3H3,(H2,14,16,18). The highest BCUT2D eigenvalue weighted by atomic mass is 32.1. The van der Waals surface area contributed by atoms with Gasteiger partial charge >= 0.3 is 6.03 Å². The minimum absolute atomic E-state index is 0.0353. The molecule has 0 fully saturated rings. The second-order valence-electron chi connectivity index (χ2n) is 4.76. The van der Waals surface area contributed by atoms with E-state index in [1.807, 2.05) is 26.2 Å². The lowest BCUT2D eigenvalue weighted by molar-refractivity contribution is 0.230. The summed E-state index contributed by atoms with van der Waals surface area (Å²) < 4.78 is 0. The first-order chi connectivity index (χ1) is 9.06. The largest absolute Gasteiger partial charge is 0.396 e. The zero-order chi connectivity index (χ0) is 14.3. The summed E-state index contributed by atoms with van der Waals surface area (Å²) in [6.45, 7) is 6.69. The number of rotatable bonds is 7. The highest BCUT2D eigenvalue weighted by Gasteiger charge is 2.15. The Labute approximate surface area is 118 Å². The van der Waals surface area contributed by atoms with E-state index in [2.05, 4.69) is 15.6 Å². The fraction of sp³-hybridized carbons (Fsp3) is 0.692. The predicted molar refractivity (Wildman–Crippen MR) is 77.3 cm³/mol. The summed E-state index contributed by atoms with van der Waals surface area (Å²) in [5.74, 6) is 0.276. The Kier molecular flexibility index (Phi) is 6.80. The summed E-state index contributed by atoms with van der Waals surface area (Å²) in [6.07, 6.45) is 1.51. The van der Waals surface area contributed by atoms with E-state index in [-0.39, 0.29) is 24.6 Å². The molecule has 1 aromatic rings. The van der Waals surface area contributed by atoms with E-state index in [0.717, 1.165) is 17.1 Å². The number of nitrogens with one attached hydrogen (secondary N) is 2. The molecule has 108 valence electrons. The smallest absolute Gasteiger partial charge is 0.315 e. The van der Waals surface area contributed by atoms with Crippen LogP contribution >= 0.6 is 11.3 Å². The zero-order valence-corrected chi connectivity index (χ0v) is 12.6. The van der Waals surface area contributed by atoms with Gasteiger partial charge in [0, 0.05) is 24.2 Å². The molecule has 0 saturated heterocycles. The van der Waals surface area contributed by atoms with Crippen LogP contribution < -0.4 is 10.6 Å². The van der Waals surface area contributed by atoms with E-state index < -0.39 is 0 Å². The fourth-order valence-electron chi connectivity index (χ4n) is 1.67. The van der Waals surface area contributed by atoms with Gasteiger partial charge < -0.3 is 15.7 Å². The van der Waals surface area contributed by atoms with Gasteiger partial charge in [-0.3, -0.25) is 0 Å². The summed E-state index contributed by atoms with van der Waals surface area (Å²) in [6, 6.07) is -0.212. The SMILES string of the molecule is CCC(NC(=O)NCC(C)CCO)c1nc(C)cs1. The molecule has 2 unspecified atom stereocenters. The number of aliphatic hydroxyl groups is 1. The van der Waals surface area contributed by atoms with Crippen molar-refractivity contribution >= 4 is 17.4 Å². The zero-order valence-electron chi connectivity index (χ0n) is 11.8. The van der Waals surface area contributed by atoms with Gasteiger partial charge in [-0.15, -0.1) is 11.3 Å². The van der Waals surface area contributed by atoms with E-state index >= 15 is 0 Å². The van der Waals surface area contributed by atoms with Crippen molar-refractivity contribution in [2.24, 2.45) is 5.92 Å². The van der Waals surface area contributed by atoms with Gasteiger partial charge in [0.15, 0.2) is 0 Å². The molecule has 1 rings (SSSR count). The molecule has 1 heterocycles. The molecule has 0 bridgehead atoms. The highest BCUT2D eigenvalue weighted by molar-refractivity contribution is 7.09. The number of aromatic nitrogens is 1. The van der Waals surface area contributed by atoms with Crippen LogP contribution in [0.3, 0.4) is 0 Å². The van der Waals surface area contributed by atoms with Crippen LogP contribution in [0.15, 0.2) is 5.38 Å². The molecule has 0 spiro atoms. The average Bonchev–Trinajstić information content (AvgIpc) is 2.80. The molecular formula is C13H23N3O2S. The van der Waals surface area contributed by atoms with Crippen molar-refractivity contribution < 1.29 is 9.90 Å². The lowest BCUT2D eigenvalue weighted by atomic mass is 10.1. The molecule has 3 N–H and O–H groups in total. The number of nitrogens with zero attached hydrogens (tertiary/aromatic N) is 1. The van der Waals surface area contributed by atoms with Crippen LogP contribution in [0, 0.1) is 12.8 Å². The number of urea groups is 1. The van der Waals surface area contributed by atoms with Crippen molar-refractivity contribution in [3.8, 4) is 0 Å². The van der Waals surface area contributed by atoms with E-state index in [1.165, 1.54) is 0 Å². The Morgan fingerprint density at radius 3 is 2.84 bits per heavy atom. The first-order valence-corrected chi connectivity index (χ1v) is 7.52. The number of aryl methyl sites for hydroxylation is 1. The maximum Gasteiger partial charge on any atom is 0.315 e. The Morgan fingerprint density at radius 2 is 2.32 bits per heavy atom. The van der Waals surface area contributed by atoms with E-state index in [9.17, 15) is 4.79 Å². The number of aliphatic hydroxyl groups excluding tert-OH is 1. The lowest BCUT2D eigenvalue weighted by Gasteiger charge is -2.17. The molecule has 5 nitrogen and oxygen atoms in total. The number of thiazole rings is 1. The third-order valence-electron chi connectivity index (χ3n) is 2.88. The van der Waals surface area contributed by atoms with E-state index in [4.69, 9.17) is 5.11 Å². The molecule has 0 saturated carbocycles. The summed E-state index contributed by atoms with van der Waals surface area (Å²) in [7, 11) is 0. The van der Waals surface area contributed by atoms with Crippen molar-refractivity contribution in [2.75, 3.05) is 13.2 Å². The van der Waals surface area contributed by atoms with Crippen molar-refractivity contribution in [1.29, 1.82) is 0 Å². The second kappa shape index (κ2) is 8.12. The molecule has 19 heavy (non-hydrogen) atoms. The number of carbonyl (C=O) groups excluding carboxylic acids is 1. The van der Waals surface area contributed by atoms with Crippen LogP contribution in [0.2, 0.25) is 0 Å². The lowest BCUT2D eigenvalue weighted by Crippen LogP contribution is -2.39. The third kappa shape index (κ3) is 5.57. The topological polar surface area (TPSA) is 74.2 Å². The second-order valence-corrected chi connectivity index (χ2v) is 5.65. The quantitative estimate of drug-likeness (QED) is 0.719. The van der Waals surface area contributed by atoms with Crippen LogP contribution in [-0.2, 0) is 0 Å². The summed E-state index contributed by atoms with van der Waals surface area (Å²) in [5.41, 5.74) is 0.984. The van der Waals surface area contributed by atoms with E-state index in [1.54, 1.807) is 11.3 Å². The van der Waals surface area contributed by atoms with Gasteiger partial charge in [0.25, 0.3) is 0 Å². The Hall–Kier alpha value is -1.14. The van der Waals surface area contributed by atoms with Gasteiger partial charge in [-0.05, 0) is 25.7 Å². The van der Waals surface area contributed by atoms with Gasteiger partial charge in [-0.2, -0.15) is 0 Å². The van der Waals surface area contributed by atoms with Crippen molar-refractivity contribution in [1.82, 2.24) is 15.6 Å². The summed E-state index contributed by atoms with van der Waals surface area (Å²) >= 11 is 1.57. The van der Waals surface area contributed by atoms with Crippen LogP contribution in [-0.4, -0.2) is 29.3 Å². The van der Waals surface area contributed by atoms with Crippen LogP contribution in [0.5, 0.6) is 0 Å². The van der Waals surface area contributed by atoms with E-state index in [0.29, 0.717) is 13.0 Å². The molecule has 6 heteroatoms. The van der Waals surface area contributed by atoms with Gasteiger partial charge in [0.1, 0.15) is 5.01 Å². The first kappa shape index (κ1) is 15.9. The highest BCUT2D eigenvalue weighted by Crippen LogP contribution is 2.20. The van der Waals surface area contributed by atoms with Crippen LogP contribution in [0.25, 0.3) is 0 Å². The Bertz CT molecular complexity index is 395. The molecule has 1 aromatic heterocycles. The van der Waals surface area contributed by atoms with Gasteiger partial charge in [-0.25, -0.2) is 9.78 Å². The number of hydrogen-bond acceptors (Lipinski definition) is 4. The Balaban J connectivity index is 2.41.